The van der Waals surface area contributed by atoms with Crippen LogP contribution in [0.1, 0.15) is 11.4 Å². The third-order valence-electron chi connectivity index (χ3n) is 4.19. The summed E-state index contributed by atoms with van der Waals surface area (Å²) in [5.74, 6) is -0.0453. The summed E-state index contributed by atoms with van der Waals surface area (Å²) < 4.78 is 31.6. The molecule has 0 fully saturated rings. The summed E-state index contributed by atoms with van der Waals surface area (Å²) in [6.45, 7) is 0. The lowest BCUT2D eigenvalue weighted by atomic mass is 10.2. The van der Waals surface area contributed by atoms with Gasteiger partial charge in [0.25, 0.3) is 0 Å². The van der Waals surface area contributed by atoms with E-state index in [1.54, 1.807) is 12.2 Å². The van der Waals surface area contributed by atoms with E-state index >= 15 is 0 Å². The fraction of sp³-hybridized carbons (Fsp3) is 0. The number of rotatable bonds is 0. The van der Waals surface area contributed by atoms with Gasteiger partial charge in [-0.15, -0.1) is 0 Å². The zero-order valence-corrected chi connectivity index (χ0v) is 16.1. The first-order valence-electron chi connectivity index (χ1n) is 8.72. The van der Waals surface area contributed by atoms with Crippen LogP contribution < -0.4 is 16.0 Å². The second-order valence-electron chi connectivity index (χ2n) is 6.56. The molecule has 0 unspecified atom stereocenters. The number of carbonyl (C=O) groups is 1. The molecule has 2 aromatic rings. The zero-order chi connectivity index (χ0) is 21.3. The van der Waals surface area contributed by atoms with E-state index < -0.39 is 10.4 Å². The molecule has 5 heterocycles. The van der Waals surface area contributed by atoms with Crippen molar-refractivity contribution in [3.63, 3.8) is 0 Å². The lowest BCUT2D eigenvalue weighted by Crippen LogP contribution is -2.14. The van der Waals surface area contributed by atoms with Gasteiger partial charge in [-0.1, -0.05) is 0 Å². The normalized spacial score (nSPS) is 16.8. The van der Waals surface area contributed by atoms with E-state index in [1.807, 2.05) is 54.6 Å². The predicted molar refractivity (Wildman–Crippen MR) is 112 cm³/mol. The van der Waals surface area contributed by atoms with Crippen LogP contribution >= 0.6 is 0 Å². The summed E-state index contributed by atoms with van der Waals surface area (Å²) in [4.78, 5) is 23.4. The first-order chi connectivity index (χ1) is 14.2. The van der Waals surface area contributed by atoms with E-state index in [0.29, 0.717) is 5.70 Å². The first kappa shape index (κ1) is 19.6. The second-order valence-corrected chi connectivity index (χ2v) is 7.46. The number of aliphatic imine (C=N–C) groups is 1. The summed E-state index contributed by atoms with van der Waals surface area (Å²) in [7, 11) is -4.67. The zero-order valence-electron chi connectivity index (χ0n) is 15.3. The minimum atomic E-state index is -4.67. The standard InChI is InChI=1S/C20H14N4O.H2O4S/c25-20-11-18-9-16-4-3-14(22-16)7-12-1-2-13(21-12)8-15-5-6-17(23-15)10-19(20)24-18;1-5(2,3)4/h1-11,21-22,24H;(H2,1,2,3,4). The highest BCUT2D eigenvalue weighted by atomic mass is 32.3. The van der Waals surface area contributed by atoms with Crippen LogP contribution in [-0.4, -0.2) is 39.0 Å². The quantitative estimate of drug-likeness (QED) is 0.391. The maximum atomic E-state index is 12.2. The van der Waals surface area contributed by atoms with Gasteiger partial charge in [0.2, 0.25) is 5.78 Å². The van der Waals surface area contributed by atoms with Crippen LogP contribution in [0.25, 0.3) is 18.2 Å². The van der Waals surface area contributed by atoms with Crippen molar-refractivity contribution in [2.24, 2.45) is 4.99 Å². The molecule has 0 radical (unpaired) electrons. The Hall–Kier alpha value is -3.73. The van der Waals surface area contributed by atoms with Crippen LogP contribution in [0.3, 0.4) is 0 Å². The van der Waals surface area contributed by atoms with Crippen molar-refractivity contribution in [1.29, 1.82) is 0 Å². The molecule has 0 spiro atoms. The Labute approximate surface area is 170 Å². The Morgan fingerprint density at radius 2 is 1.47 bits per heavy atom. The minimum absolute atomic E-state index is 0.0453. The number of carbonyl (C=O) groups excluding carboxylic acids is 1. The van der Waals surface area contributed by atoms with Crippen LogP contribution in [0, 0.1) is 0 Å². The third kappa shape index (κ3) is 5.00. The molecular weight excluding hydrogens is 408 g/mol. The molecule has 0 saturated heterocycles. The van der Waals surface area contributed by atoms with Gasteiger partial charge in [0.1, 0.15) is 0 Å². The molecule has 2 aromatic heterocycles. The fourth-order valence-electron chi connectivity index (χ4n) is 3.05. The molecule has 5 N–H and O–H groups in total. The largest absolute Gasteiger partial charge is 0.394 e. The van der Waals surface area contributed by atoms with Crippen molar-refractivity contribution < 1.29 is 22.3 Å². The third-order valence-corrected chi connectivity index (χ3v) is 4.19. The highest BCUT2D eigenvalue weighted by molar-refractivity contribution is 7.79. The number of fused-ring (bicyclic) bond motifs is 7. The Morgan fingerprint density at radius 1 is 0.800 bits per heavy atom. The van der Waals surface area contributed by atoms with E-state index in [0.717, 1.165) is 39.2 Å². The first-order valence-corrected chi connectivity index (χ1v) is 10.1. The molecule has 152 valence electrons. The van der Waals surface area contributed by atoms with Gasteiger partial charge >= 0.3 is 10.4 Å². The number of hydrogen-bond acceptors (Lipinski definition) is 5. The average Bonchev–Trinajstić information content (AvgIpc) is 3.39. The van der Waals surface area contributed by atoms with Crippen LogP contribution in [0.2, 0.25) is 0 Å². The monoisotopic (exact) mass is 424 g/mol. The molecule has 3 aliphatic heterocycles. The molecule has 3 aliphatic rings. The van der Waals surface area contributed by atoms with Gasteiger partial charge < -0.3 is 15.3 Å². The van der Waals surface area contributed by atoms with Gasteiger partial charge in [0, 0.05) is 33.9 Å². The highest BCUT2D eigenvalue weighted by Gasteiger charge is 2.17. The van der Waals surface area contributed by atoms with Crippen molar-refractivity contribution in [1.82, 2.24) is 15.3 Å². The van der Waals surface area contributed by atoms with E-state index in [-0.39, 0.29) is 5.78 Å². The number of allylic oxidation sites excluding steroid dienone is 5. The second kappa shape index (κ2) is 7.59. The Balaban J connectivity index is 0.000000393. The number of nitrogens with one attached hydrogen (secondary N) is 3. The summed E-state index contributed by atoms with van der Waals surface area (Å²) >= 11 is 0. The molecule has 0 amide bonds. The smallest absolute Gasteiger partial charge is 0.355 e. The minimum Gasteiger partial charge on any atom is -0.355 e. The molecule has 0 saturated carbocycles. The summed E-state index contributed by atoms with van der Waals surface area (Å²) in [5.41, 5.74) is 4.88. The van der Waals surface area contributed by atoms with E-state index in [9.17, 15) is 4.79 Å². The Kier molecular flexibility index (Phi) is 4.96. The van der Waals surface area contributed by atoms with Crippen molar-refractivity contribution in [2.75, 3.05) is 0 Å². The SMILES string of the molecule is O=C1C=C2C=c3ccc([nH]3)=Cc3ccc([nH]3)C=C3C=CC(=N3)C=C1N2.O=S(=O)(O)O. The summed E-state index contributed by atoms with van der Waals surface area (Å²) in [6, 6.07) is 8.04. The maximum Gasteiger partial charge on any atom is 0.394 e. The lowest BCUT2D eigenvalue weighted by molar-refractivity contribution is -0.111. The number of H-pyrrole nitrogens is 2. The number of nitrogens with zero attached hydrogens (tertiary/aromatic N) is 1. The highest BCUT2D eigenvalue weighted by Crippen LogP contribution is 2.17. The Morgan fingerprint density at radius 3 is 2.20 bits per heavy atom. The number of aromatic amines is 2. The van der Waals surface area contributed by atoms with Gasteiger partial charge in [0.05, 0.1) is 17.1 Å². The molecule has 0 aromatic carbocycles. The van der Waals surface area contributed by atoms with Crippen molar-refractivity contribution in [3.05, 3.63) is 87.7 Å². The van der Waals surface area contributed by atoms with Crippen molar-refractivity contribution in [2.45, 2.75) is 0 Å². The molecular formula is C20H16N4O5S. The average molecular weight is 424 g/mol. The molecule has 9 nitrogen and oxygen atoms in total. The summed E-state index contributed by atoms with van der Waals surface area (Å²) in [5, 5.41) is 5.07. The predicted octanol–water partition coefficient (Wildman–Crippen LogP) is 0.605. The molecule has 5 rings (SSSR count). The lowest BCUT2D eigenvalue weighted by Gasteiger charge is -1.99. The van der Waals surface area contributed by atoms with E-state index in [4.69, 9.17) is 17.5 Å². The van der Waals surface area contributed by atoms with Gasteiger partial charge in [-0.05, 0) is 60.7 Å². The van der Waals surface area contributed by atoms with Gasteiger partial charge in [0.15, 0.2) is 0 Å². The molecule has 10 heteroatoms. The molecule has 0 aliphatic carbocycles. The van der Waals surface area contributed by atoms with Crippen LogP contribution in [0.15, 0.2) is 70.7 Å². The summed E-state index contributed by atoms with van der Waals surface area (Å²) in [6.07, 6.45) is 13.1. The number of hydrogen-bond donors (Lipinski definition) is 5. The molecule has 8 bridgehead atoms. The van der Waals surface area contributed by atoms with Crippen LogP contribution in [-0.2, 0) is 15.2 Å². The maximum absolute atomic E-state index is 12.2. The molecule has 30 heavy (non-hydrogen) atoms. The van der Waals surface area contributed by atoms with Gasteiger partial charge in [-0.25, -0.2) is 4.99 Å². The van der Waals surface area contributed by atoms with E-state index in [2.05, 4.69) is 20.3 Å². The number of ketones is 1. The van der Waals surface area contributed by atoms with Crippen LogP contribution in [0.4, 0.5) is 0 Å². The topological polar surface area (TPSA) is 148 Å². The van der Waals surface area contributed by atoms with Crippen molar-refractivity contribution >= 4 is 40.1 Å². The molecule has 0 atom stereocenters. The van der Waals surface area contributed by atoms with Gasteiger partial charge in [-0.3, -0.25) is 13.9 Å². The fourth-order valence-corrected chi connectivity index (χ4v) is 3.05. The van der Waals surface area contributed by atoms with E-state index in [1.165, 1.54) is 0 Å². The van der Waals surface area contributed by atoms with Crippen LogP contribution in [0.5, 0.6) is 0 Å². The number of aromatic nitrogens is 2. The van der Waals surface area contributed by atoms with Gasteiger partial charge in [-0.2, -0.15) is 8.42 Å². The van der Waals surface area contributed by atoms with Crippen molar-refractivity contribution in [3.8, 4) is 0 Å². The Bertz CT molecular complexity index is 1410.